The van der Waals surface area contributed by atoms with Crippen molar-refractivity contribution < 1.29 is 0 Å². The molecule has 0 heterocycles. The van der Waals surface area contributed by atoms with E-state index in [2.05, 4.69) is 44.2 Å². The zero-order chi connectivity index (χ0) is 9.76. The summed E-state index contributed by atoms with van der Waals surface area (Å²) in [6, 6.07) is 0. The fourth-order valence-corrected chi connectivity index (χ4v) is 3.28. The van der Waals surface area contributed by atoms with Gasteiger partial charge in [0.15, 0.2) is 0 Å². The molecule has 0 amide bonds. The monoisotopic (exact) mass is 186 g/mol. The molecule has 74 valence electrons. The van der Waals surface area contributed by atoms with Crippen molar-refractivity contribution in [3.05, 3.63) is 36.0 Å². The predicted octanol–water partition coefficient (Wildman–Crippen LogP) is 3.72. The van der Waals surface area contributed by atoms with Crippen molar-refractivity contribution in [3.63, 3.8) is 0 Å². The van der Waals surface area contributed by atoms with Crippen molar-refractivity contribution in [2.45, 2.75) is 26.7 Å². The van der Waals surface area contributed by atoms with Gasteiger partial charge in [-0.1, -0.05) is 44.2 Å². The van der Waals surface area contributed by atoms with E-state index >= 15 is 0 Å². The maximum atomic E-state index is 2.54. The van der Waals surface area contributed by atoms with Crippen LogP contribution < -0.4 is 0 Å². The maximum absolute atomic E-state index is 2.54. The van der Waals surface area contributed by atoms with Crippen LogP contribution in [0.1, 0.15) is 26.7 Å². The summed E-state index contributed by atoms with van der Waals surface area (Å²) < 4.78 is 0. The second-order valence-corrected chi connectivity index (χ2v) is 5.43. The molecule has 3 atom stereocenters. The Hall–Kier alpha value is -0.780. The standard InChI is InChI=1S/C14H18/c1-10(2)12-4-6-14-5-3-11(9-14)7-13(14)8-12/h3-6,8,10-11,13H,7,9H2,1-2H3. The van der Waals surface area contributed by atoms with E-state index in [9.17, 15) is 0 Å². The van der Waals surface area contributed by atoms with Gasteiger partial charge in [0.1, 0.15) is 0 Å². The maximum Gasteiger partial charge on any atom is 0.0133 e. The summed E-state index contributed by atoms with van der Waals surface area (Å²) in [5, 5.41) is 0. The summed E-state index contributed by atoms with van der Waals surface area (Å²) in [6.07, 6.45) is 15.0. The third kappa shape index (κ3) is 1.00. The van der Waals surface area contributed by atoms with Crippen molar-refractivity contribution in [2.75, 3.05) is 0 Å². The number of fused-ring (bicyclic) bond motifs is 1. The normalized spacial score (nSPS) is 43.2. The van der Waals surface area contributed by atoms with Gasteiger partial charge >= 0.3 is 0 Å². The van der Waals surface area contributed by atoms with E-state index in [4.69, 9.17) is 0 Å². The first-order chi connectivity index (χ1) is 6.70. The van der Waals surface area contributed by atoms with Gasteiger partial charge in [-0.3, -0.25) is 0 Å². The van der Waals surface area contributed by atoms with Crippen molar-refractivity contribution in [2.24, 2.45) is 23.2 Å². The smallest absolute Gasteiger partial charge is 0.0133 e. The second kappa shape index (κ2) is 2.62. The molecule has 0 saturated heterocycles. The summed E-state index contributed by atoms with van der Waals surface area (Å²) in [5.74, 6) is 2.36. The van der Waals surface area contributed by atoms with E-state index in [1.54, 1.807) is 5.57 Å². The molecule has 0 aromatic heterocycles. The lowest BCUT2D eigenvalue weighted by molar-refractivity contribution is 0.413. The summed E-state index contributed by atoms with van der Waals surface area (Å²) in [5.41, 5.74) is 1.98. The highest BCUT2D eigenvalue weighted by molar-refractivity contribution is 5.38. The minimum absolute atomic E-state index is 0.434. The van der Waals surface area contributed by atoms with E-state index in [-0.39, 0.29) is 0 Å². The van der Waals surface area contributed by atoms with Crippen LogP contribution in [0.5, 0.6) is 0 Å². The molecular formula is C14H18. The Kier molecular flexibility index (Phi) is 1.60. The van der Waals surface area contributed by atoms with Crippen LogP contribution >= 0.6 is 0 Å². The van der Waals surface area contributed by atoms with Gasteiger partial charge in [-0.2, -0.15) is 0 Å². The lowest BCUT2D eigenvalue weighted by Gasteiger charge is -2.31. The number of rotatable bonds is 1. The molecule has 3 unspecified atom stereocenters. The van der Waals surface area contributed by atoms with Gasteiger partial charge in [-0.15, -0.1) is 0 Å². The van der Waals surface area contributed by atoms with Crippen molar-refractivity contribution in [3.8, 4) is 0 Å². The molecule has 0 nitrogen and oxygen atoms in total. The topological polar surface area (TPSA) is 0 Å². The average molecular weight is 186 g/mol. The minimum Gasteiger partial charge on any atom is -0.0845 e. The molecule has 1 fully saturated rings. The molecule has 0 N–H and O–H groups in total. The zero-order valence-corrected chi connectivity index (χ0v) is 9.03. The van der Waals surface area contributed by atoms with Crippen LogP contribution in [0, 0.1) is 23.2 Å². The molecule has 3 rings (SSSR count). The highest BCUT2D eigenvalue weighted by Gasteiger charge is 2.46. The zero-order valence-electron chi connectivity index (χ0n) is 9.03. The molecule has 0 heteroatoms. The largest absolute Gasteiger partial charge is 0.0845 e. The fourth-order valence-electron chi connectivity index (χ4n) is 3.28. The van der Waals surface area contributed by atoms with Gasteiger partial charge in [0.2, 0.25) is 0 Å². The molecular weight excluding hydrogens is 168 g/mol. The molecule has 1 spiro atoms. The molecule has 0 aromatic carbocycles. The van der Waals surface area contributed by atoms with E-state index in [0.717, 1.165) is 11.8 Å². The molecule has 0 radical (unpaired) electrons. The van der Waals surface area contributed by atoms with Gasteiger partial charge in [0.05, 0.1) is 0 Å². The van der Waals surface area contributed by atoms with E-state index in [0.29, 0.717) is 11.3 Å². The Morgan fingerprint density at radius 2 is 2.21 bits per heavy atom. The Morgan fingerprint density at radius 3 is 2.93 bits per heavy atom. The summed E-state index contributed by atoms with van der Waals surface area (Å²) in [4.78, 5) is 0. The van der Waals surface area contributed by atoms with E-state index in [1.807, 2.05) is 0 Å². The third-order valence-corrected chi connectivity index (χ3v) is 4.19. The van der Waals surface area contributed by atoms with Crippen molar-refractivity contribution in [1.82, 2.24) is 0 Å². The SMILES string of the molecule is CC(C)C1=CC2CC3C=CC2(C=C1)C3. The number of allylic oxidation sites excluding steroid dienone is 6. The Balaban J connectivity index is 1.97. The lowest BCUT2D eigenvalue weighted by atomic mass is 9.73. The highest BCUT2D eigenvalue weighted by atomic mass is 14.5. The Labute approximate surface area is 86.4 Å². The van der Waals surface area contributed by atoms with Crippen LogP contribution in [0.15, 0.2) is 36.0 Å². The van der Waals surface area contributed by atoms with E-state index in [1.165, 1.54) is 12.8 Å². The minimum atomic E-state index is 0.434. The fraction of sp³-hybridized carbons (Fsp3) is 0.571. The van der Waals surface area contributed by atoms with Crippen LogP contribution in [0.25, 0.3) is 0 Å². The summed E-state index contributed by atoms with van der Waals surface area (Å²) >= 11 is 0. The van der Waals surface area contributed by atoms with Crippen molar-refractivity contribution in [1.29, 1.82) is 0 Å². The molecule has 0 aliphatic heterocycles. The first kappa shape index (κ1) is 8.52. The summed E-state index contributed by atoms with van der Waals surface area (Å²) in [7, 11) is 0. The second-order valence-electron chi connectivity index (χ2n) is 5.43. The van der Waals surface area contributed by atoms with Crippen LogP contribution in [0.4, 0.5) is 0 Å². The van der Waals surface area contributed by atoms with Gasteiger partial charge in [0.25, 0.3) is 0 Å². The van der Waals surface area contributed by atoms with Gasteiger partial charge < -0.3 is 0 Å². The molecule has 14 heavy (non-hydrogen) atoms. The first-order valence-corrected chi connectivity index (χ1v) is 5.80. The third-order valence-electron chi connectivity index (χ3n) is 4.19. The predicted molar refractivity (Wildman–Crippen MR) is 59.8 cm³/mol. The van der Waals surface area contributed by atoms with Gasteiger partial charge in [-0.05, 0) is 36.2 Å². The van der Waals surface area contributed by atoms with Crippen LogP contribution in [-0.4, -0.2) is 0 Å². The van der Waals surface area contributed by atoms with Gasteiger partial charge in [0, 0.05) is 5.41 Å². The van der Waals surface area contributed by atoms with Crippen LogP contribution in [0.3, 0.4) is 0 Å². The first-order valence-electron chi connectivity index (χ1n) is 5.80. The van der Waals surface area contributed by atoms with E-state index < -0.39 is 0 Å². The van der Waals surface area contributed by atoms with Crippen LogP contribution in [0.2, 0.25) is 0 Å². The molecule has 3 aliphatic rings. The average Bonchev–Trinajstić information content (AvgIpc) is 2.71. The number of hydrogen-bond donors (Lipinski definition) is 0. The molecule has 1 saturated carbocycles. The summed E-state index contributed by atoms with van der Waals surface area (Å²) in [6.45, 7) is 4.58. The van der Waals surface area contributed by atoms with Crippen LogP contribution in [-0.2, 0) is 0 Å². The number of hydrogen-bond acceptors (Lipinski definition) is 0. The quantitative estimate of drug-likeness (QED) is 0.547. The van der Waals surface area contributed by atoms with Crippen molar-refractivity contribution >= 4 is 0 Å². The van der Waals surface area contributed by atoms with Gasteiger partial charge in [-0.25, -0.2) is 0 Å². The molecule has 2 bridgehead atoms. The Morgan fingerprint density at radius 1 is 1.36 bits per heavy atom. The lowest BCUT2D eigenvalue weighted by Crippen LogP contribution is -2.22. The Bertz CT molecular complexity index is 343. The highest BCUT2D eigenvalue weighted by Crippen LogP contribution is 2.56. The molecule has 3 aliphatic carbocycles. The molecule has 0 aromatic rings.